The Hall–Kier alpha value is -1.06. The zero-order valence-electron chi connectivity index (χ0n) is 14.2. The Balaban J connectivity index is 3.54. The van der Waals surface area contributed by atoms with Gasteiger partial charge in [0.25, 0.3) is 0 Å². The van der Waals surface area contributed by atoms with Gasteiger partial charge < -0.3 is 10.2 Å². The molecule has 0 radical (unpaired) electrons. The van der Waals surface area contributed by atoms with Crippen LogP contribution in [0.3, 0.4) is 0 Å². The lowest BCUT2D eigenvalue weighted by Crippen LogP contribution is -2.10. The molecule has 0 saturated carbocycles. The van der Waals surface area contributed by atoms with Gasteiger partial charge in [0.15, 0.2) is 0 Å². The molecule has 22 heavy (non-hydrogen) atoms. The Bertz CT molecular complexity index is 289. The van der Waals surface area contributed by atoms with Crippen molar-refractivity contribution in [3.8, 4) is 0 Å². The molecule has 0 heterocycles. The lowest BCUT2D eigenvalue weighted by atomic mass is 9.92. The molecule has 0 aliphatic carbocycles. The lowest BCUT2D eigenvalue weighted by molar-refractivity contribution is -0.140. The van der Waals surface area contributed by atoms with E-state index in [0.29, 0.717) is 6.42 Å². The molecule has 0 fully saturated rings. The van der Waals surface area contributed by atoms with Gasteiger partial charge in [-0.05, 0) is 18.8 Å². The predicted octanol–water partition coefficient (Wildman–Crippen LogP) is 5.25. The van der Waals surface area contributed by atoms with Crippen molar-refractivity contribution >= 4 is 11.9 Å². The fourth-order valence-corrected chi connectivity index (χ4v) is 2.84. The molecule has 0 aromatic rings. The Morgan fingerprint density at radius 2 is 1.23 bits per heavy atom. The normalized spacial score (nSPS) is 12.2. The van der Waals surface area contributed by atoms with Gasteiger partial charge in [-0.25, -0.2) is 0 Å². The number of hydrogen-bond acceptors (Lipinski definition) is 2. The van der Waals surface area contributed by atoms with Crippen molar-refractivity contribution in [1.29, 1.82) is 0 Å². The fraction of sp³-hybridized carbons (Fsp3) is 0.889. The summed E-state index contributed by atoms with van der Waals surface area (Å²) in [5.41, 5.74) is 0. The van der Waals surface area contributed by atoms with E-state index in [0.717, 1.165) is 19.3 Å². The molecular weight excluding hydrogens is 280 g/mol. The molecule has 4 heteroatoms. The SMILES string of the molecule is CCCCCCCCCCCCC(CCC(=O)O)CC(=O)O. The summed E-state index contributed by atoms with van der Waals surface area (Å²) < 4.78 is 0. The first-order valence-corrected chi connectivity index (χ1v) is 8.99. The van der Waals surface area contributed by atoms with Crippen LogP contribution in [-0.4, -0.2) is 22.2 Å². The van der Waals surface area contributed by atoms with Gasteiger partial charge in [0, 0.05) is 12.8 Å². The van der Waals surface area contributed by atoms with Crippen molar-refractivity contribution in [2.24, 2.45) is 5.92 Å². The van der Waals surface area contributed by atoms with Crippen molar-refractivity contribution in [1.82, 2.24) is 0 Å². The second-order valence-corrected chi connectivity index (χ2v) is 6.37. The average Bonchev–Trinajstić information content (AvgIpc) is 2.45. The average molecular weight is 314 g/mol. The van der Waals surface area contributed by atoms with Crippen molar-refractivity contribution < 1.29 is 19.8 Å². The van der Waals surface area contributed by atoms with Gasteiger partial charge in [-0.1, -0.05) is 71.1 Å². The molecule has 0 aliphatic heterocycles. The summed E-state index contributed by atoms with van der Waals surface area (Å²) >= 11 is 0. The quantitative estimate of drug-likeness (QED) is 0.381. The number of rotatable bonds is 16. The van der Waals surface area contributed by atoms with Gasteiger partial charge in [0.05, 0.1) is 0 Å². The summed E-state index contributed by atoms with van der Waals surface area (Å²) in [7, 11) is 0. The monoisotopic (exact) mass is 314 g/mol. The predicted molar refractivity (Wildman–Crippen MR) is 89.1 cm³/mol. The van der Waals surface area contributed by atoms with E-state index in [9.17, 15) is 9.59 Å². The van der Waals surface area contributed by atoms with E-state index in [1.807, 2.05) is 0 Å². The zero-order chi connectivity index (χ0) is 16.6. The summed E-state index contributed by atoms with van der Waals surface area (Å²) in [6.07, 6.45) is 14.1. The van der Waals surface area contributed by atoms with Crippen molar-refractivity contribution in [2.45, 2.75) is 96.8 Å². The van der Waals surface area contributed by atoms with Crippen LogP contribution in [0.5, 0.6) is 0 Å². The topological polar surface area (TPSA) is 74.6 Å². The van der Waals surface area contributed by atoms with Crippen LogP contribution < -0.4 is 0 Å². The van der Waals surface area contributed by atoms with Crippen LogP contribution in [0.1, 0.15) is 96.8 Å². The van der Waals surface area contributed by atoms with Gasteiger partial charge in [-0.3, -0.25) is 9.59 Å². The van der Waals surface area contributed by atoms with Crippen LogP contribution in [-0.2, 0) is 9.59 Å². The van der Waals surface area contributed by atoms with Gasteiger partial charge in [0.2, 0.25) is 0 Å². The summed E-state index contributed by atoms with van der Waals surface area (Å²) in [4.78, 5) is 21.4. The highest BCUT2D eigenvalue weighted by atomic mass is 16.4. The first-order valence-electron chi connectivity index (χ1n) is 8.99. The van der Waals surface area contributed by atoms with E-state index in [-0.39, 0.29) is 18.8 Å². The number of carboxylic acids is 2. The molecule has 0 rings (SSSR count). The molecule has 0 bridgehead atoms. The molecular formula is C18H34O4. The zero-order valence-corrected chi connectivity index (χ0v) is 14.2. The Morgan fingerprint density at radius 1 is 0.727 bits per heavy atom. The van der Waals surface area contributed by atoms with Gasteiger partial charge in [-0.15, -0.1) is 0 Å². The Labute approximate surface area is 135 Å². The van der Waals surface area contributed by atoms with E-state index in [2.05, 4.69) is 6.92 Å². The minimum absolute atomic E-state index is 0.0163. The Kier molecular flexibility index (Phi) is 14.1. The Morgan fingerprint density at radius 3 is 1.68 bits per heavy atom. The van der Waals surface area contributed by atoms with Crippen LogP contribution >= 0.6 is 0 Å². The highest BCUT2D eigenvalue weighted by Gasteiger charge is 2.14. The largest absolute Gasteiger partial charge is 0.481 e. The van der Waals surface area contributed by atoms with Gasteiger partial charge in [0.1, 0.15) is 0 Å². The van der Waals surface area contributed by atoms with Crippen LogP contribution in [0, 0.1) is 5.92 Å². The number of aliphatic carboxylic acids is 2. The molecule has 0 aromatic carbocycles. The van der Waals surface area contributed by atoms with E-state index < -0.39 is 11.9 Å². The fourth-order valence-electron chi connectivity index (χ4n) is 2.84. The van der Waals surface area contributed by atoms with Crippen molar-refractivity contribution in [3.63, 3.8) is 0 Å². The van der Waals surface area contributed by atoms with Crippen molar-refractivity contribution in [3.05, 3.63) is 0 Å². The van der Waals surface area contributed by atoms with Crippen LogP contribution in [0.25, 0.3) is 0 Å². The minimum Gasteiger partial charge on any atom is -0.481 e. The van der Waals surface area contributed by atoms with Gasteiger partial charge >= 0.3 is 11.9 Å². The minimum atomic E-state index is -0.835. The number of carboxylic acid groups (broad SMARTS) is 2. The van der Waals surface area contributed by atoms with Crippen LogP contribution in [0.15, 0.2) is 0 Å². The molecule has 0 spiro atoms. The van der Waals surface area contributed by atoms with E-state index in [1.165, 1.54) is 51.4 Å². The lowest BCUT2D eigenvalue weighted by Gasteiger charge is -2.13. The number of carbonyl (C=O) groups is 2. The second kappa shape index (κ2) is 14.9. The smallest absolute Gasteiger partial charge is 0.303 e. The summed E-state index contributed by atoms with van der Waals surface area (Å²) in [6, 6.07) is 0. The van der Waals surface area contributed by atoms with E-state index in [4.69, 9.17) is 10.2 Å². The summed E-state index contributed by atoms with van der Waals surface area (Å²) in [5.74, 6) is -1.64. The molecule has 0 aliphatic rings. The first kappa shape index (κ1) is 20.9. The molecule has 1 atom stereocenters. The first-order chi connectivity index (χ1) is 10.6. The van der Waals surface area contributed by atoms with E-state index >= 15 is 0 Å². The molecule has 0 amide bonds. The number of unbranched alkanes of at least 4 members (excludes halogenated alkanes) is 9. The highest BCUT2D eigenvalue weighted by Crippen LogP contribution is 2.20. The maximum absolute atomic E-state index is 10.8. The molecule has 0 aromatic heterocycles. The maximum atomic E-state index is 10.8. The highest BCUT2D eigenvalue weighted by molar-refractivity contribution is 5.68. The number of hydrogen-bond donors (Lipinski definition) is 2. The summed E-state index contributed by atoms with van der Waals surface area (Å²) in [6.45, 7) is 2.23. The third-order valence-electron chi connectivity index (χ3n) is 4.20. The van der Waals surface area contributed by atoms with Crippen LogP contribution in [0.2, 0.25) is 0 Å². The third kappa shape index (κ3) is 15.3. The molecule has 4 nitrogen and oxygen atoms in total. The summed E-state index contributed by atoms with van der Waals surface area (Å²) in [5, 5.41) is 17.6. The van der Waals surface area contributed by atoms with Gasteiger partial charge in [-0.2, -0.15) is 0 Å². The van der Waals surface area contributed by atoms with Crippen LogP contribution in [0.4, 0.5) is 0 Å². The molecule has 130 valence electrons. The maximum Gasteiger partial charge on any atom is 0.303 e. The van der Waals surface area contributed by atoms with Crippen molar-refractivity contribution in [2.75, 3.05) is 0 Å². The standard InChI is InChI=1S/C18H34O4/c1-2-3-4-5-6-7-8-9-10-11-12-16(15-18(21)22)13-14-17(19)20/h16H,2-15H2,1H3,(H,19,20)(H,21,22). The van der Waals surface area contributed by atoms with E-state index in [1.54, 1.807) is 0 Å². The second-order valence-electron chi connectivity index (χ2n) is 6.37. The molecule has 2 N–H and O–H groups in total. The molecule has 1 unspecified atom stereocenters. The molecule has 0 saturated heterocycles. The third-order valence-corrected chi connectivity index (χ3v) is 4.20.